The van der Waals surface area contributed by atoms with E-state index in [4.69, 9.17) is 0 Å². The molecular weight excluding hydrogens is 232 g/mol. The summed E-state index contributed by atoms with van der Waals surface area (Å²) in [5.41, 5.74) is 0. The monoisotopic (exact) mass is 265 g/mol. The maximum atomic E-state index is 2.50. The molecule has 0 N–H and O–H groups in total. The van der Waals surface area contributed by atoms with Crippen LogP contribution >= 0.6 is 0 Å². The van der Waals surface area contributed by atoms with Gasteiger partial charge < -0.3 is 0 Å². The topological polar surface area (TPSA) is 8.81 Å². The van der Waals surface area contributed by atoms with Gasteiger partial charge in [-0.2, -0.15) is 0 Å². The predicted octanol–water partition coefficient (Wildman–Crippen LogP) is 4.50. The van der Waals surface area contributed by atoms with Crippen LogP contribution in [0.5, 0.6) is 0 Å². The van der Waals surface area contributed by atoms with Crippen molar-refractivity contribution in [2.75, 3.05) is 0 Å². The summed E-state index contributed by atoms with van der Waals surface area (Å²) < 4.78 is 4.97. The number of rotatable bonds is 11. The summed E-state index contributed by atoms with van der Waals surface area (Å²) >= 11 is 0. The van der Waals surface area contributed by atoms with Crippen molar-refractivity contribution < 1.29 is 4.57 Å². The lowest BCUT2D eigenvalue weighted by atomic mass is 10.1. The molecule has 1 rings (SSSR count). The molecule has 0 saturated carbocycles. The number of nitrogens with zero attached hydrogens (tertiary/aromatic N) is 2. The minimum atomic E-state index is 1.17. The van der Waals surface area contributed by atoms with Crippen LogP contribution in [0, 0.1) is 0 Å². The first-order valence-electron chi connectivity index (χ1n) is 8.40. The number of hydrogen-bond donors (Lipinski definition) is 0. The molecular formula is C17H33N2+. The number of hydrogen-bond acceptors (Lipinski definition) is 0. The second-order valence-electron chi connectivity index (χ2n) is 5.62. The van der Waals surface area contributed by atoms with Gasteiger partial charge in [0.15, 0.2) is 0 Å². The van der Waals surface area contributed by atoms with E-state index in [9.17, 15) is 0 Å². The van der Waals surface area contributed by atoms with Crippen molar-refractivity contribution in [2.24, 2.45) is 0 Å². The van der Waals surface area contributed by atoms with Crippen LogP contribution in [0.4, 0.5) is 0 Å². The SMILES string of the molecule is CCCCCCc1n(CCC)cc[n+]1CCCCC. The summed E-state index contributed by atoms with van der Waals surface area (Å²) in [5.74, 6) is 1.55. The van der Waals surface area contributed by atoms with Gasteiger partial charge in [0.2, 0.25) is 0 Å². The Morgan fingerprint density at radius 1 is 0.895 bits per heavy atom. The molecule has 2 nitrogen and oxygen atoms in total. The van der Waals surface area contributed by atoms with Gasteiger partial charge in [-0.25, -0.2) is 9.13 Å². The highest BCUT2D eigenvalue weighted by Gasteiger charge is 2.15. The fourth-order valence-electron chi connectivity index (χ4n) is 2.68. The molecule has 1 aromatic rings. The van der Waals surface area contributed by atoms with Crippen molar-refractivity contribution in [3.8, 4) is 0 Å². The van der Waals surface area contributed by atoms with Crippen LogP contribution in [0.1, 0.15) is 78.0 Å². The minimum absolute atomic E-state index is 1.17. The van der Waals surface area contributed by atoms with E-state index < -0.39 is 0 Å². The second kappa shape index (κ2) is 10.1. The Kier molecular flexibility index (Phi) is 8.61. The van der Waals surface area contributed by atoms with E-state index in [1.165, 1.54) is 70.9 Å². The van der Waals surface area contributed by atoms with Gasteiger partial charge in [-0.3, -0.25) is 0 Å². The largest absolute Gasteiger partial charge is 0.256 e. The summed E-state index contributed by atoms with van der Waals surface area (Å²) in [6.45, 7) is 9.20. The van der Waals surface area contributed by atoms with E-state index in [-0.39, 0.29) is 0 Å². The van der Waals surface area contributed by atoms with Crippen LogP contribution in [0.15, 0.2) is 12.4 Å². The molecule has 0 fully saturated rings. The maximum Gasteiger partial charge on any atom is 0.256 e. The van der Waals surface area contributed by atoms with Crippen molar-refractivity contribution in [3.05, 3.63) is 18.2 Å². The van der Waals surface area contributed by atoms with Crippen molar-refractivity contribution in [1.82, 2.24) is 4.57 Å². The van der Waals surface area contributed by atoms with Gasteiger partial charge in [-0.05, 0) is 25.7 Å². The lowest BCUT2D eigenvalue weighted by Gasteiger charge is -2.05. The quantitative estimate of drug-likeness (QED) is 0.411. The molecule has 0 aromatic carbocycles. The first-order valence-corrected chi connectivity index (χ1v) is 8.40. The molecule has 0 unspecified atom stereocenters. The lowest BCUT2D eigenvalue weighted by Crippen LogP contribution is -2.37. The Bertz CT molecular complexity index is 328. The highest BCUT2D eigenvalue weighted by molar-refractivity contribution is 4.84. The molecule has 2 heteroatoms. The molecule has 0 radical (unpaired) electrons. The summed E-state index contributed by atoms with van der Waals surface area (Å²) in [7, 11) is 0. The normalized spacial score (nSPS) is 11.1. The lowest BCUT2D eigenvalue weighted by molar-refractivity contribution is -0.704. The molecule has 0 spiro atoms. The molecule has 110 valence electrons. The van der Waals surface area contributed by atoms with Gasteiger partial charge in [0.05, 0.1) is 13.1 Å². The van der Waals surface area contributed by atoms with Gasteiger partial charge in [-0.1, -0.05) is 46.5 Å². The Hall–Kier alpha value is -0.790. The van der Waals surface area contributed by atoms with Crippen LogP contribution in [0.25, 0.3) is 0 Å². The third kappa shape index (κ3) is 5.80. The third-order valence-corrected chi connectivity index (χ3v) is 3.81. The highest BCUT2D eigenvalue weighted by Crippen LogP contribution is 2.07. The van der Waals surface area contributed by atoms with Crippen molar-refractivity contribution >= 4 is 0 Å². The van der Waals surface area contributed by atoms with Gasteiger partial charge in [0, 0.05) is 6.42 Å². The Labute approximate surface area is 119 Å². The molecule has 0 amide bonds. The summed E-state index contributed by atoms with van der Waals surface area (Å²) in [5, 5.41) is 0. The van der Waals surface area contributed by atoms with Crippen molar-refractivity contribution in [1.29, 1.82) is 0 Å². The van der Waals surface area contributed by atoms with Gasteiger partial charge in [-0.15, -0.1) is 0 Å². The molecule has 0 aliphatic carbocycles. The fraction of sp³-hybridized carbons (Fsp3) is 0.824. The Morgan fingerprint density at radius 3 is 2.32 bits per heavy atom. The Balaban J connectivity index is 2.57. The molecule has 1 aromatic heterocycles. The van der Waals surface area contributed by atoms with Crippen LogP contribution in [-0.2, 0) is 19.5 Å². The van der Waals surface area contributed by atoms with Gasteiger partial charge >= 0.3 is 0 Å². The zero-order chi connectivity index (χ0) is 13.9. The third-order valence-electron chi connectivity index (χ3n) is 3.81. The molecule has 0 aliphatic rings. The van der Waals surface area contributed by atoms with Crippen LogP contribution in [0.2, 0.25) is 0 Å². The van der Waals surface area contributed by atoms with E-state index in [1.54, 1.807) is 5.82 Å². The zero-order valence-electron chi connectivity index (χ0n) is 13.3. The number of aromatic nitrogens is 2. The minimum Gasteiger partial charge on any atom is -0.234 e. The summed E-state index contributed by atoms with van der Waals surface area (Å²) in [6.07, 6.45) is 16.5. The van der Waals surface area contributed by atoms with Crippen molar-refractivity contribution in [3.63, 3.8) is 0 Å². The van der Waals surface area contributed by atoms with Crippen LogP contribution < -0.4 is 4.57 Å². The van der Waals surface area contributed by atoms with E-state index in [2.05, 4.69) is 42.3 Å². The predicted molar refractivity (Wildman–Crippen MR) is 82.3 cm³/mol. The first kappa shape index (κ1) is 16.3. The van der Waals surface area contributed by atoms with Crippen LogP contribution in [0.3, 0.4) is 0 Å². The molecule has 19 heavy (non-hydrogen) atoms. The average molecular weight is 265 g/mol. The maximum absolute atomic E-state index is 2.50. The number of imidazole rings is 1. The van der Waals surface area contributed by atoms with E-state index in [1.807, 2.05) is 0 Å². The van der Waals surface area contributed by atoms with Gasteiger partial charge in [0.1, 0.15) is 12.4 Å². The number of aryl methyl sites for hydroxylation is 2. The zero-order valence-corrected chi connectivity index (χ0v) is 13.3. The van der Waals surface area contributed by atoms with Gasteiger partial charge in [0.25, 0.3) is 5.82 Å². The molecule has 1 heterocycles. The molecule has 0 aliphatic heterocycles. The standard InChI is InChI=1S/C17H33N2/c1-4-7-9-10-12-17-18(13-6-3)15-16-19(17)14-11-8-5-2/h15-16H,4-14H2,1-3H3/q+1. The second-order valence-corrected chi connectivity index (χ2v) is 5.62. The number of unbranched alkanes of at least 4 members (excludes halogenated alkanes) is 5. The summed E-state index contributed by atoms with van der Waals surface area (Å²) in [4.78, 5) is 0. The van der Waals surface area contributed by atoms with E-state index in [0.717, 1.165) is 0 Å². The van der Waals surface area contributed by atoms with E-state index >= 15 is 0 Å². The molecule has 0 atom stereocenters. The average Bonchev–Trinajstić information content (AvgIpc) is 2.78. The Morgan fingerprint density at radius 2 is 1.63 bits per heavy atom. The highest BCUT2D eigenvalue weighted by atomic mass is 15.1. The smallest absolute Gasteiger partial charge is 0.234 e. The van der Waals surface area contributed by atoms with Crippen LogP contribution in [-0.4, -0.2) is 4.57 Å². The molecule has 0 bridgehead atoms. The van der Waals surface area contributed by atoms with Crippen molar-refractivity contribution in [2.45, 2.75) is 91.6 Å². The first-order chi connectivity index (χ1) is 9.33. The summed E-state index contributed by atoms with van der Waals surface area (Å²) in [6, 6.07) is 0. The molecule has 0 saturated heterocycles. The fourth-order valence-corrected chi connectivity index (χ4v) is 2.68. The van der Waals surface area contributed by atoms with E-state index in [0.29, 0.717) is 0 Å².